The minimum atomic E-state index is -0.867. The Hall–Kier alpha value is -2.70. The second-order valence-corrected chi connectivity index (χ2v) is 5.92. The summed E-state index contributed by atoms with van der Waals surface area (Å²) in [4.78, 5) is 23.6. The third-order valence-electron chi connectivity index (χ3n) is 4.05. The monoisotopic (exact) mass is 349 g/mol. The van der Waals surface area contributed by atoms with E-state index in [2.05, 4.69) is 10.6 Å². The number of nitrogens with zero attached hydrogens (tertiary/aromatic N) is 1. The van der Waals surface area contributed by atoms with E-state index < -0.39 is 23.6 Å². The van der Waals surface area contributed by atoms with Crippen molar-refractivity contribution in [2.45, 2.75) is 32.9 Å². The molecule has 0 saturated carbocycles. The Labute approximate surface area is 145 Å². The Balaban J connectivity index is 2.07. The minimum absolute atomic E-state index is 0.0708. The zero-order valence-electron chi connectivity index (χ0n) is 14.4. The summed E-state index contributed by atoms with van der Waals surface area (Å²) in [7, 11) is 1.89. The fourth-order valence-electron chi connectivity index (χ4n) is 2.56. The molecule has 1 atom stereocenters. The van der Waals surface area contributed by atoms with E-state index in [1.165, 1.54) is 13.0 Å². The van der Waals surface area contributed by atoms with Crippen LogP contribution in [0.15, 0.2) is 30.3 Å². The molecule has 2 aromatic rings. The molecule has 2 N–H and O–H groups in total. The van der Waals surface area contributed by atoms with Crippen molar-refractivity contribution in [1.82, 2.24) is 15.2 Å². The van der Waals surface area contributed by atoms with Gasteiger partial charge in [-0.2, -0.15) is 0 Å². The van der Waals surface area contributed by atoms with Crippen molar-refractivity contribution >= 4 is 11.8 Å². The summed E-state index contributed by atoms with van der Waals surface area (Å²) in [5.41, 5.74) is 2.06. The third-order valence-corrected chi connectivity index (χ3v) is 4.05. The Morgan fingerprint density at radius 1 is 1.20 bits per heavy atom. The van der Waals surface area contributed by atoms with E-state index in [9.17, 15) is 18.4 Å². The summed E-state index contributed by atoms with van der Waals surface area (Å²) in [6.45, 7) is 3.55. The first kappa shape index (κ1) is 18.6. The molecule has 2 rings (SSSR count). The number of aryl methyl sites for hydroxylation is 1. The van der Waals surface area contributed by atoms with Crippen LogP contribution in [0.4, 0.5) is 8.78 Å². The number of hydrogen-bond donors (Lipinski definition) is 2. The smallest absolute Gasteiger partial charge is 0.222 e. The molecular weight excluding hydrogens is 328 g/mol. The highest BCUT2D eigenvalue weighted by atomic mass is 19.1. The average molecular weight is 349 g/mol. The van der Waals surface area contributed by atoms with E-state index in [0.29, 0.717) is 6.54 Å². The van der Waals surface area contributed by atoms with Gasteiger partial charge in [-0.05, 0) is 25.1 Å². The van der Waals surface area contributed by atoms with Gasteiger partial charge in [-0.15, -0.1) is 0 Å². The standard InChI is InChI=1S/C18H21F2N3O2/c1-11-4-6-14(23(11)3)10-21-18(25)9-17(22-12(2)24)15-7-5-13(19)8-16(15)20/h4-8,17H,9-10H2,1-3H3,(H,21,25)(H,22,24)/t17-/m0/s1. The number of amides is 2. The van der Waals surface area contributed by atoms with Crippen LogP contribution in [0.5, 0.6) is 0 Å². The molecule has 1 heterocycles. The first-order valence-corrected chi connectivity index (χ1v) is 7.88. The van der Waals surface area contributed by atoms with Gasteiger partial charge >= 0.3 is 0 Å². The van der Waals surface area contributed by atoms with Gasteiger partial charge < -0.3 is 15.2 Å². The lowest BCUT2D eigenvalue weighted by atomic mass is 10.0. The molecule has 0 spiro atoms. The number of rotatable bonds is 6. The largest absolute Gasteiger partial charge is 0.350 e. The highest BCUT2D eigenvalue weighted by Crippen LogP contribution is 2.21. The van der Waals surface area contributed by atoms with Crippen LogP contribution in [0.25, 0.3) is 0 Å². The van der Waals surface area contributed by atoms with Crippen molar-refractivity contribution < 1.29 is 18.4 Å². The van der Waals surface area contributed by atoms with Crippen molar-refractivity contribution in [3.8, 4) is 0 Å². The maximum absolute atomic E-state index is 14.0. The third kappa shape index (κ3) is 4.89. The number of benzene rings is 1. The van der Waals surface area contributed by atoms with Gasteiger partial charge in [-0.3, -0.25) is 9.59 Å². The molecule has 25 heavy (non-hydrogen) atoms. The lowest BCUT2D eigenvalue weighted by Gasteiger charge is -2.19. The molecule has 7 heteroatoms. The minimum Gasteiger partial charge on any atom is -0.350 e. The molecule has 134 valence electrons. The molecule has 0 radical (unpaired) electrons. The van der Waals surface area contributed by atoms with E-state index >= 15 is 0 Å². The Morgan fingerprint density at radius 2 is 1.92 bits per heavy atom. The molecule has 0 aliphatic heterocycles. The van der Waals surface area contributed by atoms with E-state index in [1.54, 1.807) is 0 Å². The lowest BCUT2D eigenvalue weighted by molar-refractivity contribution is -0.123. The lowest BCUT2D eigenvalue weighted by Crippen LogP contribution is -2.33. The molecule has 1 aromatic heterocycles. The molecule has 0 bridgehead atoms. The van der Waals surface area contributed by atoms with E-state index in [0.717, 1.165) is 23.5 Å². The van der Waals surface area contributed by atoms with Crippen molar-refractivity contribution in [3.63, 3.8) is 0 Å². The molecule has 0 unspecified atom stereocenters. The van der Waals surface area contributed by atoms with Gasteiger partial charge in [0.1, 0.15) is 11.6 Å². The van der Waals surface area contributed by atoms with E-state index in [4.69, 9.17) is 0 Å². The zero-order chi connectivity index (χ0) is 18.6. The predicted molar refractivity (Wildman–Crippen MR) is 89.5 cm³/mol. The fourth-order valence-corrected chi connectivity index (χ4v) is 2.56. The van der Waals surface area contributed by atoms with Crippen LogP contribution < -0.4 is 10.6 Å². The molecule has 1 aromatic carbocycles. The summed E-state index contributed by atoms with van der Waals surface area (Å²) < 4.78 is 29.0. The highest BCUT2D eigenvalue weighted by Gasteiger charge is 2.21. The summed E-state index contributed by atoms with van der Waals surface area (Å²) in [6, 6.07) is 6.04. The second kappa shape index (κ2) is 7.92. The number of carbonyl (C=O) groups excluding carboxylic acids is 2. The number of hydrogen-bond acceptors (Lipinski definition) is 2. The fraction of sp³-hybridized carbons (Fsp3) is 0.333. The van der Waals surface area contributed by atoms with Crippen molar-refractivity contribution in [2.24, 2.45) is 7.05 Å². The molecule has 0 aliphatic carbocycles. The maximum Gasteiger partial charge on any atom is 0.222 e. The van der Waals surface area contributed by atoms with Gasteiger partial charge in [0.25, 0.3) is 0 Å². The number of aromatic nitrogens is 1. The molecule has 0 aliphatic rings. The average Bonchev–Trinajstić information content (AvgIpc) is 2.83. The normalized spacial score (nSPS) is 11.9. The number of halogens is 2. The van der Waals surface area contributed by atoms with Crippen molar-refractivity contribution in [2.75, 3.05) is 0 Å². The summed E-state index contributed by atoms with van der Waals surface area (Å²) in [5, 5.41) is 5.28. The van der Waals surface area contributed by atoms with E-state index in [-0.39, 0.29) is 17.9 Å². The SMILES string of the molecule is CC(=O)N[C@@H](CC(=O)NCc1ccc(C)n1C)c1ccc(F)cc1F. The van der Waals surface area contributed by atoms with Crippen LogP contribution in [-0.2, 0) is 23.2 Å². The summed E-state index contributed by atoms with van der Waals surface area (Å²) in [6.07, 6.45) is -0.147. The van der Waals surface area contributed by atoms with Crippen LogP contribution in [0.2, 0.25) is 0 Å². The molecule has 5 nitrogen and oxygen atoms in total. The quantitative estimate of drug-likeness (QED) is 0.842. The van der Waals surface area contributed by atoms with Gasteiger partial charge in [0, 0.05) is 37.0 Å². The first-order valence-electron chi connectivity index (χ1n) is 7.88. The highest BCUT2D eigenvalue weighted by molar-refractivity contribution is 5.79. The summed E-state index contributed by atoms with van der Waals surface area (Å²) >= 11 is 0. The Morgan fingerprint density at radius 3 is 2.48 bits per heavy atom. The topological polar surface area (TPSA) is 63.1 Å². The van der Waals surface area contributed by atoms with Gasteiger partial charge in [0.05, 0.1) is 19.0 Å². The second-order valence-electron chi connectivity index (χ2n) is 5.92. The Bertz CT molecular complexity index is 787. The van der Waals surface area contributed by atoms with Crippen LogP contribution in [0.3, 0.4) is 0 Å². The molecule has 0 saturated heterocycles. The maximum atomic E-state index is 14.0. The number of nitrogens with one attached hydrogen (secondary N) is 2. The Kier molecular flexibility index (Phi) is 5.90. The van der Waals surface area contributed by atoms with Crippen LogP contribution in [-0.4, -0.2) is 16.4 Å². The van der Waals surface area contributed by atoms with Crippen LogP contribution in [0, 0.1) is 18.6 Å². The zero-order valence-corrected chi connectivity index (χ0v) is 14.4. The first-order chi connectivity index (χ1) is 11.8. The van der Waals surface area contributed by atoms with Crippen molar-refractivity contribution in [3.05, 3.63) is 58.9 Å². The van der Waals surface area contributed by atoms with Gasteiger partial charge in [-0.25, -0.2) is 8.78 Å². The molecular formula is C18H21F2N3O2. The predicted octanol–water partition coefficient (Wildman–Crippen LogP) is 2.50. The molecule has 2 amide bonds. The number of carbonyl (C=O) groups is 2. The summed E-state index contributed by atoms with van der Waals surface area (Å²) in [5.74, 6) is -2.27. The van der Waals surface area contributed by atoms with Crippen molar-refractivity contribution in [1.29, 1.82) is 0 Å². The molecule has 0 fully saturated rings. The van der Waals surface area contributed by atoms with Crippen LogP contribution in [0.1, 0.15) is 36.3 Å². The van der Waals surface area contributed by atoms with Gasteiger partial charge in [0.15, 0.2) is 0 Å². The van der Waals surface area contributed by atoms with E-state index in [1.807, 2.05) is 30.7 Å². The van der Waals surface area contributed by atoms with Gasteiger partial charge in [0.2, 0.25) is 11.8 Å². The van der Waals surface area contributed by atoms with Crippen LogP contribution >= 0.6 is 0 Å². The van der Waals surface area contributed by atoms with Gasteiger partial charge in [-0.1, -0.05) is 6.07 Å².